The van der Waals surface area contributed by atoms with Crippen LogP contribution >= 0.6 is 0 Å². The van der Waals surface area contributed by atoms with Crippen LogP contribution in [0.2, 0.25) is 0 Å². The van der Waals surface area contributed by atoms with Gasteiger partial charge in [0.1, 0.15) is 17.2 Å². The average Bonchev–Trinajstić information content (AvgIpc) is 3.35. The van der Waals surface area contributed by atoms with E-state index in [0.29, 0.717) is 18.8 Å². The van der Waals surface area contributed by atoms with Crippen LogP contribution in [0.1, 0.15) is 60.8 Å². The smallest absolute Gasteiger partial charge is 0.273 e. The molecule has 1 unspecified atom stereocenters. The molecule has 0 bridgehead atoms. The lowest BCUT2D eigenvalue weighted by Gasteiger charge is -2.26. The van der Waals surface area contributed by atoms with E-state index in [4.69, 9.17) is 9.47 Å². The van der Waals surface area contributed by atoms with Crippen LogP contribution in [0.15, 0.2) is 48.5 Å². The van der Waals surface area contributed by atoms with Crippen molar-refractivity contribution < 1.29 is 14.3 Å². The number of fused-ring (bicyclic) bond motifs is 1. The molecule has 6 nitrogen and oxygen atoms in total. The van der Waals surface area contributed by atoms with Crippen molar-refractivity contribution in [3.8, 4) is 22.8 Å². The van der Waals surface area contributed by atoms with Gasteiger partial charge >= 0.3 is 0 Å². The van der Waals surface area contributed by atoms with E-state index in [-0.39, 0.29) is 11.9 Å². The molecule has 1 atom stereocenters. The molecule has 1 N–H and O–H groups in total. The first-order valence-electron chi connectivity index (χ1n) is 10.9. The number of hydrogen-bond donors (Lipinski definition) is 1. The molecule has 0 aliphatic carbocycles. The number of unbranched alkanes of at least 4 members (excludes halogenated alkanes) is 1. The van der Waals surface area contributed by atoms with Crippen LogP contribution < -0.4 is 9.47 Å². The number of carbonyl (C=O) groups is 1. The van der Waals surface area contributed by atoms with Crippen LogP contribution in [0, 0.1) is 0 Å². The van der Waals surface area contributed by atoms with E-state index in [1.54, 1.807) is 7.11 Å². The number of benzene rings is 2. The first-order valence-corrected chi connectivity index (χ1v) is 10.9. The summed E-state index contributed by atoms with van der Waals surface area (Å²) in [7, 11) is 1.65. The minimum Gasteiger partial charge on any atom is -0.497 e. The second-order valence-corrected chi connectivity index (χ2v) is 7.76. The van der Waals surface area contributed by atoms with Gasteiger partial charge in [-0.15, -0.1) is 0 Å². The van der Waals surface area contributed by atoms with Gasteiger partial charge in [-0.1, -0.05) is 32.4 Å². The van der Waals surface area contributed by atoms with E-state index < -0.39 is 0 Å². The van der Waals surface area contributed by atoms with Crippen molar-refractivity contribution in [3.63, 3.8) is 0 Å². The zero-order valence-corrected chi connectivity index (χ0v) is 18.4. The number of nitrogens with one attached hydrogen (secondary N) is 1. The Bertz CT molecular complexity index is 1040. The highest BCUT2D eigenvalue weighted by Crippen LogP contribution is 2.43. The number of H-pyrrole nitrogens is 1. The van der Waals surface area contributed by atoms with E-state index in [1.807, 2.05) is 47.4 Å². The third-order valence-corrected chi connectivity index (χ3v) is 5.63. The van der Waals surface area contributed by atoms with Crippen LogP contribution in [-0.4, -0.2) is 41.3 Å². The summed E-state index contributed by atoms with van der Waals surface area (Å²) >= 11 is 0. The molecule has 1 amide bonds. The molecule has 2 heterocycles. The van der Waals surface area contributed by atoms with Gasteiger partial charge < -0.3 is 14.4 Å². The molecular weight excluding hydrogens is 390 g/mol. The van der Waals surface area contributed by atoms with Gasteiger partial charge in [0.25, 0.3) is 5.91 Å². The van der Waals surface area contributed by atoms with Crippen molar-refractivity contribution in [2.45, 2.75) is 39.2 Å². The Balaban J connectivity index is 1.79. The predicted molar refractivity (Wildman–Crippen MR) is 121 cm³/mol. The number of carbonyl (C=O) groups excluding carboxylic acids is 1. The van der Waals surface area contributed by atoms with E-state index >= 15 is 0 Å². The number of rotatable bonds is 9. The summed E-state index contributed by atoms with van der Waals surface area (Å²) in [5.74, 6) is 1.61. The monoisotopic (exact) mass is 419 g/mol. The Labute approximate surface area is 183 Å². The number of amides is 1. The summed E-state index contributed by atoms with van der Waals surface area (Å²) in [6.07, 6.45) is 2.92. The standard InChI is InChI=1S/C25H29N3O3/c1-4-6-14-28-24(18-8-7-9-20(16-18)31-15-5-2)21-22(26-27-23(21)25(28)29)17-10-12-19(30-3)13-11-17/h7-13,16,24H,4-6,14-15H2,1-3H3,(H,26,27). The molecule has 1 aliphatic heterocycles. The van der Waals surface area contributed by atoms with Gasteiger partial charge in [-0.2, -0.15) is 5.10 Å². The number of nitrogens with zero attached hydrogens (tertiary/aromatic N) is 2. The molecule has 0 saturated heterocycles. The highest BCUT2D eigenvalue weighted by Gasteiger charge is 2.41. The zero-order valence-electron chi connectivity index (χ0n) is 18.4. The van der Waals surface area contributed by atoms with Gasteiger partial charge in [0, 0.05) is 17.7 Å². The van der Waals surface area contributed by atoms with Crippen LogP contribution in [0.3, 0.4) is 0 Å². The molecule has 0 radical (unpaired) electrons. The van der Waals surface area contributed by atoms with Gasteiger partial charge in [-0.05, 0) is 54.8 Å². The number of ether oxygens (including phenoxy) is 2. The summed E-state index contributed by atoms with van der Waals surface area (Å²) in [6, 6.07) is 15.7. The summed E-state index contributed by atoms with van der Waals surface area (Å²) in [5, 5.41) is 7.55. The second kappa shape index (κ2) is 9.25. The van der Waals surface area contributed by atoms with Crippen LogP contribution in [0.4, 0.5) is 0 Å². The van der Waals surface area contributed by atoms with Crippen LogP contribution in [-0.2, 0) is 0 Å². The number of aromatic amines is 1. The zero-order chi connectivity index (χ0) is 21.8. The first kappa shape index (κ1) is 21.0. The maximum absolute atomic E-state index is 13.3. The third kappa shape index (κ3) is 4.02. The van der Waals surface area contributed by atoms with Crippen LogP contribution in [0.25, 0.3) is 11.3 Å². The number of methoxy groups -OCH3 is 1. The highest BCUT2D eigenvalue weighted by molar-refractivity contribution is 6.00. The predicted octanol–water partition coefficient (Wildman–Crippen LogP) is 5.22. The quantitative estimate of drug-likeness (QED) is 0.516. The first-order chi connectivity index (χ1) is 15.2. The Hall–Kier alpha value is -3.28. The Kier molecular flexibility index (Phi) is 6.26. The maximum Gasteiger partial charge on any atom is 0.273 e. The van der Waals surface area contributed by atoms with Crippen molar-refractivity contribution in [1.29, 1.82) is 0 Å². The van der Waals surface area contributed by atoms with E-state index in [1.165, 1.54) is 0 Å². The molecule has 2 aromatic carbocycles. The minimum absolute atomic E-state index is 0.000547. The van der Waals surface area contributed by atoms with E-state index in [0.717, 1.165) is 53.1 Å². The van der Waals surface area contributed by atoms with Crippen molar-refractivity contribution >= 4 is 5.91 Å². The van der Waals surface area contributed by atoms with Crippen molar-refractivity contribution in [2.75, 3.05) is 20.3 Å². The van der Waals surface area contributed by atoms with Gasteiger partial charge in [-0.3, -0.25) is 9.89 Å². The lowest BCUT2D eigenvalue weighted by atomic mass is 9.95. The molecule has 0 spiro atoms. The lowest BCUT2D eigenvalue weighted by Crippen LogP contribution is -2.30. The number of hydrogen-bond acceptors (Lipinski definition) is 4. The molecule has 1 aliphatic rings. The number of aromatic nitrogens is 2. The molecule has 3 aromatic rings. The van der Waals surface area contributed by atoms with Crippen LogP contribution in [0.5, 0.6) is 11.5 Å². The van der Waals surface area contributed by atoms with Gasteiger partial charge in [0.2, 0.25) is 0 Å². The summed E-state index contributed by atoms with van der Waals surface area (Å²) in [6.45, 7) is 5.59. The Morgan fingerprint density at radius 3 is 2.58 bits per heavy atom. The SMILES string of the molecule is CCCCN1C(=O)c2[nH]nc(-c3ccc(OC)cc3)c2C1c1cccc(OCCC)c1. The van der Waals surface area contributed by atoms with E-state index in [9.17, 15) is 4.79 Å². The van der Waals surface area contributed by atoms with Gasteiger partial charge in [-0.25, -0.2) is 0 Å². The topological polar surface area (TPSA) is 67.5 Å². The highest BCUT2D eigenvalue weighted by atomic mass is 16.5. The molecule has 0 fully saturated rings. The summed E-state index contributed by atoms with van der Waals surface area (Å²) < 4.78 is 11.2. The molecule has 162 valence electrons. The molecule has 6 heteroatoms. The fraction of sp³-hybridized carbons (Fsp3) is 0.360. The maximum atomic E-state index is 13.3. The minimum atomic E-state index is -0.199. The molecule has 4 rings (SSSR count). The summed E-state index contributed by atoms with van der Waals surface area (Å²) in [5.41, 5.74) is 4.29. The summed E-state index contributed by atoms with van der Waals surface area (Å²) in [4.78, 5) is 15.2. The second-order valence-electron chi connectivity index (χ2n) is 7.76. The van der Waals surface area contributed by atoms with E-state index in [2.05, 4.69) is 30.1 Å². The fourth-order valence-corrected chi connectivity index (χ4v) is 4.07. The average molecular weight is 420 g/mol. The largest absolute Gasteiger partial charge is 0.497 e. The van der Waals surface area contributed by atoms with Crippen molar-refractivity contribution in [2.24, 2.45) is 0 Å². The molecule has 31 heavy (non-hydrogen) atoms. The lowest BCUT2D eigenvalue weighted by molar-refractivity contribution is 0.0741. The van der Waals surface area contributed by atoms with Gasteiger partial charge in [0.15, 0.2) is 0 Å². The van der Waals surface area contributed by atoms with Gasteiger partial charge in [0.05, 0.1) is 25.5 Å². The molecule has 1 aromatic heterocycles. The molecular formula is C25H29N3O3. The molecule has 0 saturated carbocycles. The van der Waals surface area contributed by atoms with Crippen molar-refractivity contribution in [1.82, 2.24) is 15.1 Å². The Morgan fingerprint density at radius 2 is 1.87 bits per heavy atom. The normalized spacial score (nSPS) is 15.3. The van der Waals surface area contributed by atoms with Crippen molar-refractivity contribution in [3.05, 3.63) is 65.4 Å². The fourth-order valence-electron chi connectivity index (χ4n) is 4.07. The third-order valence-electron chi connectivity index (χ3n) is 5.63. The Morgan fingerprint density at radius 1 is 1.06 bits per heavy atom.